The van der Waals surface area contributed by atoms with Crippen molar-refractivity contribution < 1.29 is 14.8 Å². The van der Waals surface area contributed by atoms with Gasteiger partial charge in [-0.3, -0.25) is 14.9 Å². The van der Waals surface area contributed by atoms with Gasteiger partial charge in [0.05, 0.1) is 9.75 Å². The molecule has 1 rings (SSSR count). The molecule has 5 nitrogen and oxygen atoms in total. The number of hydrogen-bond donors (Lipinski definition) is 1. The first-order valence-electron chi connectivity index (χ1n) is 4.19. The molecule has 0 unspecified atom stereocenters. The van der Waals surface area contributed by atoms with E-state index in [9.17, 15) is 14.9 Å². The Balaban J connectivity index is 3.12. The standard InChI is InChI=1S/C9H7Br2NO4/c10-7(8(11)9(13)14)5-3-1-2-4-6(5)12(15)16/h1-4,7-8H,(H,13,14)/t7-,8+/m1/s1. The molecule has 0 aromatic heterocycles. The van der Waals surface area contributed by atoms with Gasteiger partial charge in [-0.05, 0) is 0 Å². The first-order chi connectivity index (χ1) is 7.45. The fraction of sp³-hybridized carbons (Fsp3) is 0.222. The highest BCUT2D eigenvalue weighted by molar-refractivity contribution is 9.12. The Kier molecular flexibility index (Phi) is 4.43. The molecular formula is C9H7Br2NO4. The van der Waals surface area contributed by atoms with E-state index >= 15 is 0 Å². The molecule has 1 N–H and O–H groups in total. The van der Waals surface area contributed by atoms with Gasteiger partial charge in [0.25, 0.3) is 5.69 Å². The van der Waals surface area contributed by atoms with E-state index in [2.05, 4.69) is 31.9 Å². The number of para-hydroxylation sites is 1. The molecule has 0 spiro atoms. The normalized spacial score (nSPS) is 14.1. The van der Waals surface area contributed by atoms with Crippen LogP contribution in [-0.4, -0.2) is 20.8 Å². The number of nitro groups is 1. The van der Waals surface area contributed by atoms with Crippen LogP contribution in [0.5, 0.6) is 0 Å². The Morgan fingerprint density at radius 2 is 1.94 bits per heavy atom. The Labute approximate surface area is 108 Å². The molecule has 1 aromatic carbocycles. The minimum atomic E-state index is -1.08. The van der Waals surface area contributed by atoms with E-state index in [-0.39, 0.29) is 5.69 Å². The molecule has 16 heavy (non-hydrogen) atoms. The SMILES string of the molecule is O=C(O)[C@@H](Br)[C@H](Br)c1ccccc1[N+](=O)[O-]. The first-order valence-corrected chi connectivity index (χ1v) is 6.02. The molecular weight excluding hydrogens is 346 g/mol. The predicted octanol–water partition coefficient (Wildman–Crippen LogP) is 2.88. The van der Waals surface area contributed by atoms with Crippen LogP contribution in [0.1, 0.15) is 10.4 Å². The summed E-state index contributed by atoms with van der Waals surface area (Å²) in [5.74, 6) is -1.08. The lowest BCUT2D eigenvalue weighted by Crippen LogP contribution is -2.18. The number of carbonyl (C=O) groups is 1. The highest BCUT2D eigenvalue weighted by Gasteiger charge is 2.29. The van der Waals surface area contributed by atoms with Crippen molar-refractivity contribution in [2.45, 2.75) is 9.65 Å². The average molecular weight is 353 g/mol. The Morgan fingerprint density at radius 3 is 2.44 bits per heavy atom. The highest BCUT2D eigenvalue weighted by atomic mass is 79.9. The maximum absolute atomic E-state index is 10.7. The van der Waals surface area contributed by atoms with E-state index in [0.29, 0.717) is 5.56 Å². The van der Waals surface area contributed by atoms with Crippen molar-refractivity contribution in [2.75, 3.05) is 0 Å². The van der Waals surface area contributed by atoms with Crippen LogP contribution in [0.25, 0.3) is 0 Å². The summed E-state index contributed by atoms with van der Waals surface area (Å²) in [5.41, 5.74) is 0.229. The van der Waals surface area contributed by atoms with E-state index in [1.54, 1.807) is 6.07 Å². The summed E-state index contributed by atoms with van der Waals surface area (Å²) in [6.07, 6.45) is 0. The summed E-state index contributed by atoms with van der Waals surface area (Å²) in [6.45, 7) is 0. The van der Waals surface area contributed by atoms with Crippen molar-refractivity contribution in [2.24, 2.45) is 0 Å². The van der Waals surface area contributed by atoms with Crippen molar-refractivity contribution in [3.05, 3.63) is 39.9 Å². The molecule has 0 bridgehead atoms. The van der Waals surface area contributed by atoms with Gasteiger partial charge in [0, 0.05) is 11.6 Å². The molecule has 0 heterocycles. The van der Waals surface area contributed by atoms with Crippen molar-refractivity contribution >= 4 is 43.5 Å². The molecule has 0 aliphatic heterocycles. The van der Waals surface area contributed by atoms with Crippen LogP contribution in [0.4, 0.5) is 5.69 Å². The molecule has 7 heteroatoms. The van der Waals surface area contributed by atoms with E-state index < -0.39 is 20.5 Å². The topological polar surface area (TPSA) is 80.4 Å². The zero-order chi connectivity index (χ0) is 12.3. The van der Waals surface area contributed by atoms with Crippen molar-refractivity contribution in [1.29, 1.82) is 0 Å². The minimum Gasteiger partial charge on any atom is -0.480 e. The molecule has 2 atom stereocenters. The van der Waals surface area contributed by atoms with Gasteiger partial charge in [0.1, 0.15) is 4.83 Å². The minimum absolute atomic E-state index is 0.102. The third-order valence-corrected chi connectivity index (χ3v) is 4.58. The zero-order valence-corrected chi connectivity index (χ0v) is 11.0. The summed E-state index contributed by atoms with van der Waals surface area (Å²) in [4.78, 5) is 19.4. The highest BCUT2D eigenvalue weighted by Crippen LogP contribution is 2.36. The molecule has 0 saturated carbocycles. The summed E-state index contributed by atoms with van der Waals surface area (Å²) < 4.78 is 0. The van der Waals surface area contributed by atoms with Crippen LogP contribution < -0.4 is 0 Å². The molecule has 0 radical (unpaired) electrons. The zero-order valence-electron chi connectivity index (χ0n) is 7.84. The fourth-order valence-corrected chi connectivity index (χ4v) is 2.07. The van der Waals surface area contributed by atoms with Crippen LogP contribution in [0.3, 0.4) is 0 Å². The summed E-state index contributed by atoms with van der Waals surface area (Å²) in [7, 11) is 0. The Morgan fingerprint density at radius 1 is 1.38 bits per heavy atom. The quantitative estimate of drug-likeness (QED) is 0.513. The van der Waals surface area contributed by atoms with Gasteiger partial charge < -0.3 is 5.11 Å². The summed E-state index contributed by atoms with van der Waals surface area (Å²) >= 11 is 6.10. The van der Waals surface area contributed by atoms with Gasteiger partial charge in [-0.15, -0.1) is 0 Å². The van der Waals surface area contributed by atoms with Gasteiger partial charge in [-0.2, -0.15) is 0 Å². The second-order valence-corrected chi connectivity index (χ2v) is 4.93. The van der Waals surface area contributed by atoms with Crippen molar-refractivity contribution in [1.82, 2.24) is 0 Å². The number of benzene rings is 1. The van der Waals surface area contributed by atoms with Gasteiger partial charge in [-0.25, -0.2) is 0 Å². The number of halogens is 2. The van der Waals surface area contributed by atoms with Crippen LogP contribution in [0.2, 0.25) is 0 Å². The molecule has 1 aromatic rings. The van der Waals surface area contributed by atoms with E-state index in [1.807, 2.05) is 0 Å². The maximum Gasteiger partial charge on any atom is 0.318 e. The Hall–Kier alpha value is -0.950. The Bertz CT molecular complexity index is 424. The number of aliphatic carboxylic acids is 1. The summed E-state index contributed by atoms with van der Waals surface area (Å²) in [5, 5.41) is 19.5. The molecule has 0 aliphatic carbocycles. The van der Waals surface area contributed by atoms with Gasteiger partial charge in [0.2, 0.25) is 0 Å². The first kappa shape index (κ1) is 13.1. The average Bonchev–Trinajstić information content (AvgIpc) is 2.26. The van der Waals surface area contributed by atoms with E-state index in [1.165, 1.54) is 18.2 Å². The lowest BCUT2D eigenvalue weighted by molar-refractivity contribution is -0.385. The second-order valence-electron chi connectivity index (χ2n) is 2.96. The molecule has 86 valence electrons. The third kappa shape index (κ3) is 2.79. The van der Waals surface area contributed by atoms with Crippen LogP contribution in [0.15, 0.2) is 24.3 Å². The smallest absolute Gasteiger partial charge is 0.318 e. The summed E-state index contributed by atoms with van der Waals surface area (Å²) in [6, 6.07) is 6.02. The van der Waals surface area contributed by atoms with Gasteiger partial charge in [0.15, 0.2) is 0 Å². The van der Waals surface area contributed by atoms with Crippen molar-refractivity contribution in [3.63, 3.8) is 0 Å². The van der Waals surface area contributed by atoms with E-state index in [0.717, 1.165) is 0 Å². The number of carboxylic acids is 1. The number of alkyl halides is 2. The number of nitro benzene ring substituents is 1. The lowest BCUT2D eigenvalue weighted by Gasteiger charge is -2.12. The molecule has 0 aliphatic rings. The second kappa shape index (κ2) is 5.40. The monoisotopic (exact) mass is 351 g/mol. The largest absolute Gasteiger partial charge is 0.480 e. The number of hydrogen-bond acceptors (Lipinski definition) is 3. The third-order valence-electron chi connectivity index (χ3n) is 1.92. The number of nitrogens with zero attached hydrogens (tertiary/aromatic N) is 1. The maximum atomic E-state index is 10.7. The van der Waals surface area contributed by atoms with Crippen LogP contribution in [0, 0.1) is 10.1 Å². The molecule has 0 amide bonds. The molecule has 0 saturated heterocycles. The predicted molar refractivity (Wildman–Crippen MR) is 65.1 cm³/mol. The van der Waals surface area contributed by atoms with Crippen LogP contribution >= 0.6 is 31.9 Å². The van der Waals surface area contributed by atoms with Gasteiger partial charge in [-0.1, -0.05) is 50.1 Å². The van der Waals surface area contributed by atoms with Gasteiger partial charge >= 0.3 is 5.97 Å². The molecule has 0 fully saturated rings. The number of rotatable bonds is 4. The van der Waals surface area contributed by atoms with E-state index in [4.69, 9.17) is 5.11 Å². The lowest BCUT2D eigenvalue weighted by atomic mass is 10.1. The van der Waals surface area contributed by atoms with Crippen molar-refractivity contribution in [3.8, 4) is 0 Å². The van der Waals surface area contributed by atoms with Crippen LogP contribution in [-0.2, 0) is 4.79 Å². The number of carboxylic acid groups (broad SMARTS) is 1. The fourth-order valence-electron chi connectivity index (χ4n) is 1.17.